The molecule has 5 nitrogen and oxygen atoms in total. The van der Waals surface area contributed by atoms with E-state index in [9.17, 15) is 4.79 Å². The second kappa shape index (κ2) is 4.93. The number of aryl methyl sites for hydroxylation is 2. The molecule has 1 aromatic heterocycles. The van der Waals surface area contributed by atoms with Gasteiger partial charge in [-0.25, -0.2) is 0 Å². The molecular formula is C10H18N4O. The lowest BCUT2D eigenvalue weighted by molar-refractivity contribution is -0.122. The van der Waals surface area contributed by atoms with E-state index in [0.717, 1.165) is 17.7 Å². The summed E-state index contributed by atoms with van der Waals surface area (Å²) >= 11 is 0. The van der Waals surface area contributed by atoms with Crippen LogP contribution in [0.3, 0.4) is 0 Å². The lowest BCUT2D eigenvalue weighted by atomic mass is 10.2. The number of nitrogens with one attached hydrogen (secondary N) is 1. The molecular weight excluding hydrogens is 192 g/mol. The number of carbonyl (C=O) groups excluding carboxylic acids is 1. The monoisotopic (exact) mass is 210 g/mol. The summed E-state index contributed by atoms with van der Waals surface area (Å²) in [7, 11) is 1.87. The standard InChI is InChI=1S/C10H18N4O/c1-4-9-8(6-14(3)13-9)5-12-10(15)7(2)11/h6-7H,4-5,11H2,1-3H3,(H,12,15)/t7-/m1/s1. The van der Waals surface area contributed by atoms with Crippen molar-refractivity contribution >= 4 is 5.91 Å². The predicted molar refractivity (Wildman–Crippen MR) is 58.1 cm³/mol. The van der Waals surface area contributed by atoms with Crippen molar-refractivity contribution in [1.29, 1.82) is 0 Å². The fourth-order valence-corrected chi connectivity index (χ4v) is 1.37. The van der Waals surface area contributed by atoms with E-state index in [-0.39, 0.29) is 5.91 Å². The molecule has 0 aromatic carbocycles. The van der Waals surface area contributed by atoms with Crippen LogP contribution in [0.5, 0.6) is 0 Å². The summed E-state index contributed by atoms with van der Waals surface area (Å²) < 4.78 is 1.76. The van der Waals surface area contributed by atoms with E-state index < -0.39 is 6.04 Å². The zero-order valence-corrected chi connectivity index (χ0v) is 9.45. The molecule has 1 aromatic rings. The summed E-state index contributed by atoms with van der Waals surface area (Å²) in [6, 6.07) is -0.466. The smallest absolute Gasteiger partial charge is 0.236 e. The summed E-state index contributed by atoms with van der Waals surface area (Å²) in [5, 5.41) is 7.06. The Balaban J connectivity index is 2.60. The average Bonchev–Trinajstić information content (AvgIpc) is 2.55. The van der Waals surface area contributed by atoms with Gasteiger partial charge in [0.15, 0.2) is 0 Å². The number of nitrogens with two attached hydrogens (primary N) is 1. The molecule has 84 valence electrons. The highest BCUT2D eigenvalue weighted by molar-refractivity contribution is 5.80. The van der Waals surface area contributed by atoms with Crippen LogP contribution in [0.15, 0.2) is 6.20 Å². The van der Waals surface area contributed by atoms with Gasteiger partial charge >= 0.3 is 0 Å². The summed E-state index contributed by atoms with van der Waals surface area (Å²) in [4.78, 5) is 11.3. The van der Waals surface area contributed by atoms with Crippen LogP contribution in [0.25, 0.3) is 0 Å². The van der Waals surface area contributed by atoms with E-state index in [4.69, 9.17) is 5.73 Å². The molecule has 0 aliphatic carbocycles. The first-order valence-electron chi connectivity index (χ1n) is 5.09. The van der Waals surface area contributed by atoms with E-state index in [2.05, 4.69) is 10.4 Å². The van der Waals surface area contributed by atoms with Crippen LogP contribution in [-0.2, 0) is 24.8 Å². The van der Waals surface area contributed by atoms with Crippen LogP contribution in [0.1, 0.15) is 25.1 Å². The molecule has 0 unspecified atom stereocenters. The zero-order valence-electron chi connectivity index (χ0n) is 9.45. The van der Waals surface area contributed by atoms with E-state index in [1.165, 1.54) is 0 Å². The van der Waals surface area contributed by atoms with Crippen molar-refractivity contribution in [3.05, 3.63) is 17.5 Å². The first-order chi connectivity index (χ1) is 7.04. The SMILES string of the molecule is CCc1nn(C)cc1CNC(=O)[C@@H](C)N. The summed E-state index contributed by atoms with van der Waals surface area (Å²) in [6.07, 6.45) is 2.78. The van der Waals surface area contributed by atoms with Gasteiger partial charge in [0, 0.05) is 25.4 Å². The molecule has 0 saturated heterocycles. The number of amides is 1. The molecule has 0 fully saturated rings. The number of rotatable bonds is 4. The molecule has 15 heavy (non-hydrogen) atoms. The molecule has 1 atom stereocenters. The quantitative estimate of drug-likeness (QED) is 0.731. The molecule has 0 aliphatic heterocycles. The van der Waals surface area contributed by atoms with E-state index in [1.807, 2.05) is 20.2 Å². The normalized spacial score (nSPS) is 12.5. The van der Waals surface area contributed by atoms with Gasteiger partial charge in [0.25, 0.3) is 0 Å². The number of aromatic nitrogens is 2. The predicted octanol–water partition coefficient (Wildman–Crippen LogP) is -0.0541. The highest BCUT2D eigenvalue weighted by atomic mass is 16.2. The molecule has 0 spiro atoms. The van der Waals surface area contributed by atoms with Crippen molar-refractivity contribution in [2.45, 2.75) is 32.9 Å². The Labute approximate surface area is 89.6 Å². The van der Waals surface area contributed by atoms with E-state index >= 15 is 0 Å². The molecule has 1 heterocycles. The third-order valence-corrected chi connectivity index (χ3v) is 2.19. The molecule has 1 amide bonds. The van der Waals surface area contributed by atoms with Crippen LogP contribution in [0.2, 0.25) is 0 Å². The molecule has 0 aliphatic rings. The maximum absolute atomic E-state index is 11.3. The third-order valence-electron chi connectivity index (χ3n) is 2.19. The molecule has 5 heteroatoms. The topological polar surface area (TPSA) is 72.9 Å². The zero-order chi connectivity index (χ0) is 11.4. The van der Waals surface area contributed by atoms with Gasteiger partial charge in [-0.1, -0.05) is 6.92 Å². The molecule has 0 saturated carbocycles. The lowest BCUT2D eigenvalue weighted by Crippen LogP contribution is -2.37. The van der Waals surface area contributed by atoms with Crippen molar-refractivity contribution in [2.24, 2.45) is 12.8 Å². The highest BCUT2D eigenvalue weighted by Gasteiger charge is 2.09. The minimum atomic E-state index is -0.466. The molecule has 1 rings (SSSR count). The summed E-state index contributed by atoms with van der Waals surface area (Å²) in [5.74, 6) is -0.138. The van der Waals surface area contributed by atoms with Gasteiger partial charge in [0.05, 0.1) is 11.7 Å². The number of hydrogen-bond acceptors (Lipinski definition) is 3. The second-order valence-corrected chi connectivity index (χ2v) is 3.63. The maximum atomic E-state index is 11.3. The highest BCUT2D eigenvalue weighted by Crippen LogP contribution is 2.06. The Bertz CT molecular complexity index is 343. The Morgan fingerprint density at radius 1 is 1.73 bits per heavy atom. The Kier molecular flexibility index (Phi) is 3.85. The summed E-state index contributed by atoms with van der Waals surface area (Å²) in [6.45, 7) is 4.20. The van der Waals surface area contributed by atoms with E-state index in [1.54, 1.807) is 11.6 Å². The minimum Gasteiger partial charge on any atom is -0.351 e. The fourth-order valence-electron chi connectivity index (χ4n) is 1.37. The Hall–Kier alpha value is -1.36. The van der Waals surface area contributed by atoms with Crippen LogP contribution < -0.4 is 11.1 Å². The van der Waals surface area contributed by atoms with Crippen molar-refractivity contribution < 1.29 is 4.79 Å². The molecule has 0 bridgehead atoms. The number of nitrogens with zero attached hydrogens (tertiary/aromatic N) is 2. The Morgan fingerprint density at radius 2 is 2.40 bits per heavy atom. The molecule has 3 N–H and O–H groups in total. The van der Waals surface area contributed by atoms with Gasteiger partial charge in [-0.2, -0.15) is 5.10 Å². The third kappa shape index (κ3) is 3.06. The van der Waals surface area contributed by atoms with Gasteiger partial charge in [-0.3, -0.25) is 9.48 Å². The van der Waals surface area contributed by atoms with Crippen molar-refractivity contribution in [2.75, 3.05) is 0 Å². The van der Waals surface area contributed by atoms with Gasteiger partial charge in [-0.05, 0) is 13.3 Å². The average molecular weight is 210 g/mol. The van der Waals surface area contributed by atoms with Crippen LogP contribution in [0, 0.1) is 0 Å². The van der Waals surface area contributed by atoms with Crippen molar-refractivity contribution in [3.8, 4) is 0 Å². The minimum absolute atomic E-state index is 0.138. The van der Waals surface area contributed by atoms with Crippen LogP contribution >= 0.6 is 0 Å². The van der Waals surface area contributed by atoms with Gasteiger partial charge in [0.2, 0.25) is 5.91 Å². The number of carbonyl (C=O) groups is 1. The second-order valence-electron chi connectivity index (χ2n) is 3.63. The molecule has 0 radical (unpaired) electrons. The first kappa shape index (κ1) is 11.7. The number of hydrogen-bond donors (Lipinski definition) is 2. The maximum Gasteiger partial charge on any atom is 0.236 e. The largest absolute Gasteiger partial charge is 0.351 e. The van der Waals surface area contributed by atoms with Crippen molar-refractivity contribution in [3.63, 3.8) is 0 Å². The van der Waals surface area contributed by atoms with Crippen molar-refractivity contribution in [1.82, 2.24) is 15.1 Å². The fraction of sp³-hybridized carbons (Fsp3) is 0.600. The summed E-state index contributed by atoms with van der Waals surface area (Å²) in [5.41, 5.74) is 7.51. The van der Waals surface area contributed by atoms with Gasteiger partial charge in [0.1, 0.15) is 0 Å². The first-order valence-corrected chi connectivity index (χ1v) is 5.09. The van der Waals surface area contributed by atoms with Crippen LogP contribution in [-0.4, -0.2) is 21.7 Å². The van der Waals surface area contributed by atoms with E-state index in [0.29, 0.717) is 6.54 Å². The van der Waals surface area contributed by atoms with Crippen LogP contribution in [0.4, 0.5) is 0 Å². The Morgan fingerprint density at radius 3 is 2.93 bits per heavy atom. The van der Waals surface area contributed by atoms with Gasteiger partial charge < -0.3 is 11.1 Å². The van der Waals surface area contributed by atoms with Gasteiger partial charge in [-0.15, -0.1) is 0 Å². The lowest BCUT2D eigenvalue weighted by Gasteiger charge is -2.06.